The summed E-state index contributed by atoms with van der Waals surface area (Å²) in [5, 5.41) is 1.16. The quantitative estimate of drug-likeness (QED) is 0.688. The normalized spacial score (nSPS) is 17.1. The molecule has 21 heavy (non-hydrogen) atoms. The van der Waals surface area contributed by atoms with Crippen LogP contribution in [-0.4, -0.2) is 9.55 Å². The first-order chi connectivity index (χ1) is 10.2. The molecule has 3 nitrogen and oxygen atoms in total. The maximum atomic E-state index is 12.8. The molecule has 1 atom stereocenters. The van der Waals surface area contributed by atoms with Crippen LogP contribution in [0.15, 0.2) is 53.3 Å². The van der Waals surface area contributed by atoms with E-state index in [4.69, 9.17) is 11.6 Å². The lowest BCUT2D eigenvalue weighted by Gasteiger charge is -2.15. The van der Waals surface area contributed by atoms with Gasteiger partial charge in [-0.1, -0.05) is 41.9 Å². The number of aryl methyl sites for hydroxylation is 1. The summed E-state index contributed by atoms with van der Waals surface area (Å²) < 4.78 is 1.83. The van der Waals surface area contributed by atoms with Gasteiger partial charge in [-0.3, -0.25) is 9.36 Å². The SMILES string of the molecule is O=c1c2cc(Cl)ccc2nc2n1C(c1ccccc1)CC2. The smallest absolute Gasteiger partial charge is 0.262 e. The average Bonchev–Trinajstić information content (AvgIpc) is 2.93. The Morgan fingerprint density at radius 1 is 1.14 bits per heavy atom. The van der Waals surface area contributed by atoms with E-state index >= 15 is 0 Å². The van der Waals surface area contributed by atoms with Crippen molar-refractivity contribution in [2.45, 2.75) is 18.9 Å². The van der Waals surface area contributed by atoms with Crippen molar-refractivity contribution in [3.8, 4) is 0 Å². The molecular formula is C17H13ClN2O. The molecule has 1 aliphatic rings. The van der Waals surface area contributed by atoms with E-state index in [-0.39, 0.29) is 11.6 Å². The van der Waals surface area contributed by atoms with Gasteiger partial charge in [0.05, 0.1) is 16.9 Å². The van der Waals surface area contributed by atoms with Crippen LogP contribution < -0.4 is 5.56 Å². The topological polar surface area (TPSA) is 34.9 Å². The highest BCUT2D eigenvalue weighted by molar-refractivity contribution is 6.31. The van der Waals surface area contributed by atoms with E-state index in [1.54, 1.807) is 12.1 Å². The molecule has 2 aromatic carbocycles. The predicted molar refractivity (Wildman–Crippen MR) is 83.9 cm³/mol. The third kappa shape index (κ3) is 1.96. The molecule has 0 amide bonds. The number of rotatable bonds is 1. The van der Waals surface area contributed by atoms with Gasteiger partial charge in [-0.25, -0.2) is 4.98 Å². The minimum atomic E-state index is 0.00357. The van der Waals surface area contributed by atoms with Crippen LogP contribution in [0.4, 0.5) is 0 Å². The Morgan fingerprint density at radius 2 is 1.95 bits per heavy atom. The molecule has 0 saturated heterocycles. The molecule has 0 aliphatic carbocycles. The summed E-state index contributed by atoms with van der Waals surface area (Å²) in [6.45, 7) is 0. The summed E-state index contributed by atoms with van der Waals surface area (Å²) in [7, 11) is 0. The Kier molecular flexibility index (Phi) is 2.82. The highest BCUT2D eigenvalue weighted by Crippen LogP contribution is 2.30. The van der Waals surface area contributed by atoms with Crippen molar-refractivity contribution in [2.24, 2.45) is 0 Å². The fraction of sp³-hybridized carbons (Fsp3) is 0.176. The van der Waals surface area contributed by atoms with Crippen LogP contribution >= 0.6 is 11.6 Å². The minimum Gasteiger partial charge on any atom is -0.288 e. The molecule has 104 valence electrons. The summed E-state index contributed by atoms with van der Waals surface area (Å²) in [6, 6.07) is 15.5. The largest absolute Gasteiger partial charge is 0.288 e. The van der Waals surface area contributed by atoms with Crippen molar-refractivity contribution >= 4 is 22.5 Å². The number of benzene rings is 2. The summed E-state index contributed by atoms with van der Waals surface area (Å²) >= 11 is 6.02. The van der Waals surface area contributed by atoms with Crippen LogP contribution in [0.3, 0.4) is 0 Å². The maximum Gasteiger partial charge on any atom is 0.262 e. The van der Waals surface area contributed by atoms with Gasteiger partial charge in [-0.05, 0) is 30.2 Å². The zero-order valence-electron chi connectivity index (χ0n) is 11.3. The van der Waals surface area contributed by atoms with Crippen molar-refractivity contribution in [3.05, 3.63) is 75.3 Å². The van der Waals surface area contributed by atoms with E-state index in [1.165, 1.54) is 0 Å². The number of fused-ring (bicyclic) bond motifs is 2. The van der Waals surface area contributed by atoms with Gasteiger partial charge < -0.3 is 0 Å². The molecule has 4 rings (SSSR count). The summed E-state index contributed by atoms with van der Waals surface area (Å²) in [5.74, 6) is 0.865. The first-order valence-corrected chi connectivity index (χ1v) is 7.37. The van der Waals surface area contributed by atoms with Crippen LogP contribution in [0.5, 0.6) is 0 Å². The summed E-state index contributed by atoms with van der Waals surface area (Å²) in [5.41, 5.74) is 1.88. The van der Waals surface area contributed by atoms with E-state index in [0.29, 0.717) is 10.4 Å². The van der Waals surface area contributed by atoms with E-state index in [1.807, 2.05) is 28.8 Å². The zero-order chi connectivity index (χ0) is 14.4. The Hall–Kier alpha value is -2.13. The van der Waals surface area contributed by atoms with Crippen LogP contribution in [0.2, 0.25) is 5.02 Å². The lowest BCUT2D eigenvalue weighted by Crippen LogP contribution is -2.24. The van der Waals surface area contributed by atoms with Crippen molar-refractivity contribution < 1.29 is 0 Å². The van der Waals surface area contributed by atoms with Crippen LogP contribution in [-0.2, 0) is 6.42 Å². The second-order valence-corrected chi connectivity index (χ2v) is 5.77. The Labute approximate surface area is 126 Å². The van der Waals surface area contributed by atoms with Gasteiger partial charge in [0.2, 0.25) is 0 Å². The minimum absolute atomic E-state index is 0.00357. The Morgan fingerprint density at radius 3 is 2.76 bits per heavy atom. The Balaban J connectivity index is 1.98. The van der Waals surface area contributed by atoms with Gasteiger partial charge in [0, 0.05) is 11.4 Å². The third-order valence-electron chi connectivity index (χ3n) is 4.07. The molecule has 0 saturated carbocycles. The first kappa shape index (κ1) is 12.6. The van der Waals surface area contributed by atoms with Gasteiger partial charge in [-0.2, -0.15) is 0 Å². The molecule has 1 unspecified atom stereocenters. The fourth-order valence-electron chi connectivity index (χ4n) is 3.10. The monoisotopic (exact) mass is 296 g/mol. The van der Waals surface area contributed by atoms with E-state index in [0.717, 1.165) is 29.7 Å². The number of hydrogen-bond donors (Lipinski definition) is 0. The molecular weight excluding hydrogens is 284 g/mol. The molecule has 3 aromatic rings. The van der Waals surface area contributed by atoms with E-state index in [9.17, 15) is 4.79 Å². The molecule has 0 fully saturated rings. The maximum absolute atomic E-state index is 12.8. The summed E-state index contributed by atoms with van der Waals surface area (Å²) in [4.78, 5) is 17.5. The standard InChI is InChI=1S/C17H13ClN2O/c18-12-6-7-14-13(10-12)17(21)20-15(8-9-16(20)19-14)11-4-2-1-3-5-11/h1-7,10,15H,8-9H2. The lowest BCUT2D eigenvalue weighted by atomic mass is 10.1. The third-order valence-corrected chi connectivity index (χ3v) is 4.31. The van der Waals surface area contributed by atoms with Gasteiger partial charge >= 0.3 is 0 Å². The van der Waals surface area contributed by atoms with Gasteiger partial charge in [0.25, 0.3) is 5.56 Å². The second-order valence-electron chi connectivity index (χ2n) is 5.33. The lowest BCUT2D eigenvalue weighted by molar-refractivity contribution is 0.601. The molecule has 2 heterocycles. The number of aromatic nitrogens is 2. The molecule has 4 heteroatoms. The number of hydrogen-bond acceptors (Lipinski definition) is 2. The van der Waals surface area contributed by atoms with Crippen molar-refractivity contribution in [2.75, 3.05) is 0 Å². The first-order valence-electron chi connectivity index (χ1n) is 6.99. The van der Waals surface area contributed by atoms with Crippen molar-refractivity contribution in [3.63, 3.8) is 0 Å². The van der Waals surface area contributed by atoms with E-state index < -0.39 is 0 Å². The average molecular weight is 297 g/mol. The van der Waals surface area contributed by atoms with Gasteiger partial charge in [-0.15, -0.1) is 0 Å². The van der Waals surface area contributed by atoms with Crippen LogP contribution in [0, 0.1) is 0 Å². The molecule has 0 N–H and O–H groups in total. The van der Waals surface area contributed by atoms with Gasteiger partial charge in [0.15, 0.2) is 0 Å². The van der Waals surface area contributed by atoms with E-state index in [2.05, 4.69) is 17.1 Å². The second kappa shape index (κ2) is 4.71. The molecule has 0 spiro atoms. The van der Waals surface area contributed by atoms with Crippen molar-refractivity contribution in [1.29, 1.82) is 0 Å². The molecule has 0 bridgehead atoms. The molecule has 0 radical (unpaired) electrons. The number of halogens is 1. The van der Waals surface area contributed by atoms with Crippen LogP contribution in [0.25, 0.3) is 10.9 Å². The number of nitrogens with zero attached hydrogens (tertiary/aromatic N) is 2. The van der Waals surface area contributed by atoms with Crippen molar-refractivity contribution in [1.82, 2.24) is 9.55 Å². The van der Waals surface area contributed by atoms with Crippen LogP contribution in [0.1, 0.15) is 23.9 Å². The Bertz CT molecular complexity index is 886. The highest BCUT2D eigenvalue weighted by atomic mass is 35.5. The molecule has 1 aliphatic heterocycles. The highest BCUT2D eigenvalue weighted by Gasteiger charge is 2.26. The van der Waals surface area contributed by atoms with Gasteiger partial charge in [0.1, 0.15) is 5.82 Å². The summed E-state index contributed by atoms with van der Waals surface area (Å²) in [6.07, 6.45) is 1.74. The molecule has 1 aromatic heterocycles. The zero-order valence-corrected chi connectivity index (χ0v) is 12.0. The fourth-order valence-corrected chi connectivity index (χ4v) is 3.27. The predicted octanol–water partition coefficient (Wildman–Crippen LogP) is 3.59.